The molecule has 0 radical (unpaired) electrons. The molecule has 4 heteroatoms. The maximum Gasteiger partial charge on any atom is 0.0775 e. The fourth-order valence-corrected chi connectivity index (χ4v) is 12.2. The Bertz CT molecular complexity index is 3270. The highest BCUT2D eigenvalue weighted by Gasteiger charge is 2.36. The van der Waals surface area contributed by atoms with Crippen LogP contribution >= 0.6 is 11.3 Å². The Morgan fingerprint density at radius 3 is 1.62 bits per heavy atom. The van der Waals surface area contributed by atoms with Crippen molar-refractivity contribution in [3.63, 3.8) is 0 Å². The molecule has 0 atom stereocenters. The van der Waals surface area contributed by atoms with E-state index >= 15 is 0 Å². The number of nitrogens with zero attached hydrogens (tertiary/aromatic N) is 2. The van der Waals surface area contributed by atoms with Crippen LogP contribution in [0.1, 0.15) is 25.0 Å². The molecule has 0 saturated carbocycles. The van der Waals surface area contributed by atoms with Crippen LogP contribution in [0.5, 0.6) is 0 Å². The molecule has 0 spiro atoms. The molecule has 0 unspecified atom stereocenters. The number of anilines is 6. The van der Waals surface area contributed by atoms with Crippen molar-refractivity contribution in [1.29, 1.82) is 0 Å². The molecule has 2 nitrogen and oxygen atoms in total. The Morgan fingerprint density at radius 2 is 0.917 bits per heavy atom. The van der Waals surface area contributed by atoms with Gasteiger partial charge in [0, 0.05) is 65.1 Å². The first-order valence-electron chi connectivity index (χ1n) is 21.0. The molecule has 0 amide bonds. The van der Waals surface area contributed by atoms with Gasteiger partial charge in [-0.2, -0.15) is 0 Å². The predicted molar refractivity (Wildman–Crippen MR) is 264 cm³/mol. The number of hydrogen-bond donors (Lipinski definition) is 0. The van der Waals surface area contributed by atoms with Crippen molar-refractivity contribution in [2.45, 2.75) is 38.9 Å². The monoisotopic (exact) mass is 806 g/mol. The molecule has 60 heavy (non-hydrogen) atoms. The summed E-state index contributed by atoms with van der Waals surface area (Å²) in [5.74, 6) is 0. The summed E-state index contributed by atoms with van der Waals surface area (Å²) < 4.78 is 2.62. The van der Waals surface area contributed by atoms with E-state index in [1.165, 1.54) is 74.8 Å². The van der Waals surface area contributed by atoms with Crippen molar-refractivity contribution in [1.82, 2.24) is 0 Å². The molecule has 0 N–H and O–H groups in total. The smallest absolute Gasteiger partial charge is 0.0775 e. The number of hydrogen-bond acceptors (Lipinski definition) is 3. The predicted octanol–water partition coefficient (Wildman–Crippen LogP) is 16.2. The van der Waals surface area contributed by atoms with Crippen molar-refractivity contribution in [3.8, 4) is 11.1 Å². The Balaban J connectivity index is 1.08. The van der Waals surface area contributed by atoms with E-state index in [1.807, 2.05) is 11.3 Å². The summed E-state index contributed by atoms with van der Waals surface area (Å²) >= 11 is 1.91. The minimum absolute atomic E-state index is 0.0903. The topological polar surface area (TPSA) is 6.48 Å². The van der Waals surface area contributed by atoms with Gasteiger partial charge in [-0.05, 0) is 111 Å². The molecule has 1 aliphatic carbocycles. The average molecular weight is 807 g/mol. The molecule has 1 aromatic heterocycles. The molecule has 1 aliphatic rings. The van der Waals surface area contributed by atoms with Crippen LogP contribution in [0.2, 0.25) is 19.6 Å². The fourth-order valence-electron chi connectivity index (χ4n) is 9.70. The Labute approximate surface area is 357 Å². The van der Waals surface area contributed by atoms with Crippen LogP contribution in [0.4, 0.5) is 34.1 Å². The Hall–Kier alpha value is -6.46. The highest BCUT2D eigenvalue weighted by atomic mass is 32.1. The summed E-state index contributed by atoms with van der Waals surface area (Å²) in [6.45, 7) is 12.0. The molecule has 9 aromatic carbocycles. The zero-order chi connectivity index (χ0) is 40.8. The van der Waals surface area contributed by atoms with E-state index in [4.69, 9.17) is 0 Å². The van der Waals surface area contributed by atoms with Crippen LogP contribution in [0.25, 0.3) is 52.8 Å². The fraction of sp³-hybridized carbons (Fsp3) is 0.107. The van der Waals surface area contributed by atoms with E-state index in [1.54, 1.807) is 0 Å². The molecule has 0 fully saturated rings. The summed E-state index contributed by atoms with van der Waals surface area (Å²) in [5.41, 5.74) is 12.3. The summed E-state index contributed by atoms with van der Waals surface area (Å²) in [7, 11) is -1.43. The first kappa shape index (κ1) is 36.6. The number of fused-ring (bicyclic) bond motifs is 11. The summed E-state index contributed by atoms with van der Waals surface area (Å²) in [6.07, 6.45) is 0. The number of thiophene rings is 1. The van der Waals surface area contributed by atoms with E-state index < -0.39 is 8.07 Å². The van der Waals surface area contributed by atoms with Crippen LogP contribution in [0, 0.1) is 0 Å². The minimum atomic E-state index is -1.43. The van der Waals surface area contributed by atoms with E-state index in [9.17, 15) is 0 Å². The van der Waals surface area contributed by atoms with Gasteiger partial charge >= 0.3 is 0 Å². The third-order valence-corrected chi connectivity index (χ3v) is 16.0. The van der Waals surface area contributed by atoms with Gasteiger partial charge in [-0.25, -0.2) is 0 Å². The van der Waals surface area contributed by atoms with Crippen LogP contribution in [0.15, 0.2) is 188 Å². The second kappa shape index (κ2) is 13.8. The molecular weight excluding hydrogens is 761 g/mol. The zero-order valence-electron chi connectivity index (χ0n) is 34.7. The second-order valence-corrected chi connectivity index (χ2v) is 23.9. The van der Waals surface area contributed by atoms with Crippen LogP contribution in [-0.2, 0) is 5.41 Å². The Kier molecular flexibility index (Phi) is 8.42. The first-order valence-corrected chi connectivity index (χ1v) is 25.3. The van der Waals surface area contributed by atoms with Crippen LogP contribution in [-0.4, -0.2) is 8.07 Å². The van der Waals surface area contributed by atoms with Gasteiger partial charge in [0.2, 0.25) is 0 Å². The minimum Gasteiger partial charge on any atom is -0.310 e. The maximum atomic E-state index is 2.43. The third-order valence-electron chi connectivity index (χ3n) is 12.8. The lowest BCUT2D eigenvalue weighted by atomic mass is 9.82. The van der Waals surface area contributed by atoms with Gasteiger partial charge in [0.05, 0.1) is 8.07 Å². The molecule has 0 saturated heterocycles. The highest BCUT2D eigenvalue weighted by Crippen LogP contribution is 2.52. The molecule has 1 heterocycles. The quantitative estimate of drug-likeness (QED) is 0.117. The van der Waals surface area contributed by atoms with Gasteiger partial charge in [0.15, 0.2) is 0 Å². The Morgan fingerprint density at radius 1 is 0.400 bits per heavy atom. The van der Waals surface area contributed by atoms with Gasteiger partial charge in [-0.1, -0.05) is 154 Å². The SMILES string of the molecule is CC1(C)c2ccccc2-c2ccc(N(c3ccccc3)c3ccc4c(c3)c3ccccc3c3c5ccc(N(c6ccccc6)c6ccc([Si](C)(C)C)cc6)cc5sc43)cc21. The largest absolute Gasteiger partial charge is 0.310 e. The second-order valence-electron chi connectivity index (χ2n) is 17.8. The first-order chi connectivity index (χ1) is 29.1. The van der Waals surface area contributed by atoms with Gasteiger partial charge in [0.25, 0.3) is 0 Å². The zero-order valence-corrected chi connectivity index (χ0v) is 36.5. The van der Waals surface area contributed by atoms with E-state index in [-0.39, 0.29) is 5.41 Å². The molecule has 10 aromatic rings. The van der Waals surface area contributed by atoms with Crippen molar-refractivity contribution >= 4 is 100 Å². The number of benzene rings is 9. The third kappa shape index (κ3) is 5.81. The highest BCUT2D eigenvalue weighted by molar-refractivity contribution is 7.27. The standard InChI is InChI=1S/C56H46N2SSi/c1-56(2)51-23-15-14-21-45(51)46-31-26-41(35-52(46)56)58(38-18-10-7-11-19-38)40-27-32-48-50(34-40)44-20-12-13-22-47(44)54-49-33-28-42(36-53(49)59-55(48)54)57(37-16-8-6-9-17-37)39-24-29-43(30-25-39)60(3,4)5/h6-36H,1-5H3. The van der Waals surface area contributed by atoms with Crippen molar-refractivity contribution in [2.24, 2.45) is 0 Å². The molecule has 0 bridgehead atoms. The maximum absolute atomic E-state index is 2.43. The van der Waals surface area contributed by atoms with Crippen molar-refractivity contribution < 1.29 is 0 Å². The summed E-state index contributed by atoms with van der Waals surface area (Å²) in [4.78, 5) is 4.83. The molecule has 0 aliphatic heterocycles. The normalized spacial score (nSPS) is 13.2. The van der Waals surface area contributed by atoms with Crippen molar-refractivity contribution in [2.75, 3.05) is 9.80 Å². The number of para-hydroxylation sites is 2. The van der Waals surface area contributed by atoms with Crippen LogP contribution in [0.3, 0.4) is 0 Å². The van der Waals surface area contributed by atoms with Gasteiger partial charge in [-0.15, -0.1) is 11.3 Å². The van der Waals surface area contributed by atoms with Gasteiger partial charge in [-0.3, -0.25) is 0 Å². The van der Waals surface area contributed by atoms with Crippen LogP contribution < -0.4 is 15.0 Å². The van der Waals surface area contributed by atoms with Crippen molar-refractivity contribution in [3.05, 3.63) is 199 Å². The lowest BCUT2D eigenvalue weighted by molar-refractivity contribution is 0.660. The summed E-state index contributed by atoms with van der Waals surface area (Å²) in [6, 6.07) is 70.0. The van der Waals surface area contributed by atoms with Gasteiger partial charge < -0.3 is 9.80 Å². The number of rotatable bonds is 7. The van der Waals surface area contributed by atoms with E-state index in [2.05, 4.69) is 231 Å². The molecule has 290 valence electrons. The van der Waals surface area contributed by atoms with E-state index in [0.717, 1.165) is 28.4 Å². The summed E-state index contributed by atoms with van der Waals surface area (Å²) in [5, 5.41) is 9.23. The molecular formula is C56H46N2SSi. The lowest BCUT2D eigenvalue weighted by Crippen LogP contribution is -2.37. The lowest BCUT2D eigenvalue weighted by Gasteiger charge is -2.28. The molecule has 11 rings (SSSR count). The average Bonchev–Trinajstić information content (AvgIpc) is 3.77. The van der Waals surface area contributed by atoms with Gasteiger partial charge in [0.1, 0.15) is 0 Å². The van der Waals surface area contributed by atoms with E-state index in [0.29, 0.717) is 0 Å².